The molecule has 0 saturated carbocycles. The number of anilines is 2. The van der Waals surface area contributed by atoms with Crippen molar-refractivity contribution >= 4 is 17.4 Å². The predicted molar refractivity (Wildman–Crippen MR) is 62.9 cm³/mol. The van der Waals surface area contributed by atoms with Crippen molar-refractivity contribution in [3.05, 3.63) is 23.8 Å². The van der Waals surface area contributed by atoms with Crippen LogP contribution >= 0.6 is 0 Å². The molecule has 4 nitrogen and oxygen atoms in total. The van der Waals surface area contributed by atoms with Gasteiger partial charge in [0.15, 0.2) is 0 Å². The lowest BCUT2D eigenvalue weighted by Crippen LogP contribution is -2.31. The largest absolute Gasteiger partial charge is 0.399 e. The second-order valence-electron chi connectivity index (χ2n) is 3.52. The van der Waals surface area contributed by atoms with Crippen molar-refractivity contribution in [1.82, 2.24) is 4.90 Å². The third-order valence-electron chi connectivity index (χ3n) is 2.31. The number of rotatable bonds is 2. The van der Waals surface area contributed by atoms with E-state index in [2.05, 4.69) is 5.32 Å². The average Bonchev–Trinajstić information content (AvgIpc) is 2.20. The first-order valence-electron chi connectivity index (χ1n) is 4.92. The molecule has 0 aliphatic rings. The van der Waals surface area contributed by atoms with E-state index in [1.165, 1.54) is 0 Å². The summed E-state index contributed by atoms with van der Waals surface area (Å²) in [4.78, 5) is 13.2. The summed E-state index contributed by atoms with van der Waals surface area (Å²) in [5, 5.41) is 2.82. The second kappa shape index (κ2) is 4.68. The Morgan fingerprint density at radius 3 is 2.73 bits per heavy atom. The Morgan fingerprint density at radius 2 is 2.20 bits per heavy atom. The zero-order chi connectivity index (χ0) is 11.4. The van der Waals surface area contributed by atoms with Gasteiger partial charge in [-0.25, -0.2) is 4.79 Å². The maximum atomic E-state index is 11.6. The third-order valence-corrected chi connectivity index (χ3v) is 2.31. The van der Waals surface area contributed by atoms with Crippen molar-refractivity contribution in [2.45, 2.75) is 13.8 Å². The number of urea groups is 1. The van der Waals surface area contributed by atoms with E-state index in [1.54, 1.807) is 18.0 Å². The molecule has 82 valence electrons. The predicted octanol–water partition coefficient (Wildman–Crippen LogP) is 2.06. The summed E-state index contributed by atoms with van der Waals surface area (Å²) in [5.74, 6) is 0. The molecule has 3 N–H and O–H groups in total. The van der Waals surface area contributed by atoms with Crippen LogP contribution in [0, 0.1) is 6.92 Å². The average molecular weight is 207 g/mol. The van der Waals surface area contributed by atoms with Crippen LogP contribution < -0.4 is 11.1 Å². The molecule has 0 radical (unpaired) electrons. The highest BCUT2D eigenvalue weighted by Crippen LogP contribution is 2.17. The maximum Gasteiger partial charge on any atom is 0.321 e. The van der Waals surface area contributed by atoms with Gasteiger partial charge in [0.05, 0.1) is 0 Å². The number of carbonyl (C=O) groups excluding carboxylic acids is 1. The number of hydrogen-bond acceptors (Lipinski definition) is 2. The van der Waals surface area contributed by atoms with E-state index in [4.69, 9.17) is 5.73 Å². The zero-order valence-corrected chi connectivity index (χ0v) is 9.37. The molecule has 2 amide bonds. The Hall–Kier alpha value is -1.71. The van der Waals surface area contributed by atoms with Gasteiger partial charge < -0.3 is 16.0 Å². The van der Waals surface area contributed by atoms with E-state index in [-0.39, 0.29) is 6.03 Å². The molecular formula is C11H17N3O. The molecule has 0 aliphatic carbocycles. The third kappa shape index (κ3) is 2.87. The smallest absolute Gasteiger partial charge is 0.321 e. The molecule has 0 unspecified atom stereocenters. The maximum absolute atomic E-state index is 11.6. The van der Waals surface area contributed by atoms with Gasteiger partial charge in [-0.15, -0.1) is 0 Å². The van der Waals surface area contributed by atoms with Gasteiger partial charge in [-0.05, 0) is 37.6 Å². The van der Waals surface area contributed by atoms with Crippen molar-refractivity contribution in [2.75, 3.05) is 24.6 Å². The minimum Gasteiger partial charge on any atom is -0.399 e. The van der Waals surface area contributed by atoms with Crippen LogP contribution in [-0.4, -0.2) is 24.5 Å². The van der Waals surface area contributed by atoms with Crippen molar-refractivity contribution in [3.63, 3.8) is 0 Å². The van der Waals surface area contributed by atoms with Crippen LogP contribution in [0.25, 0.3) is 0 Å². The van der Waals surface area contributed by atoms with Gasteiger partial charge in [-0.2, -0.15) is 0 Å². The molecule has 0 bridgehead atoms. The van der Waals surface area contributed by atoms with E-state index in [1.807, 2.05) is 26.0 Å². The van der Waals surface area contributed by atoms with Gasteiger partial charge in [0.1, 0.15) is 0 Å². The second-order valence-corrected chi connectivity index (χ2v) is 3.52. The Morgan fingerprint density at radius 1 is 1.53 bits per heavy atom. The quantitative estimate of drug-likeness (QED) is 0.729. The van der Waals surface area contributed by atoms with Crippen LogP contribution in [0.4, 0.5) is 16.2 Å². The van der Waals surface area contributed by atoms with Crippen LogP contribution in [0.5, 0.6) is 0 Å². The van der Waals surface area contributed by atoms with E-state index in [9.17, 15) is 4.79 Å². The number of nitrogens with two attached hydrogens (primary N) is 1. The monoisotopic (exact) mass is 207 g/mol. The summed E-state index contributed by atoms with van der Waals surface area (Å²) < 4.78 is 0. The van der Waals surface area contributed by atoms with Crippen molar-refractivity contribution in [1.29, 1.82) is 0 Å². The van der Waals surface area contributed by atoms with E-state index < -0.39 is 0 Å². The molecule has 0 spiro atoms. The fourth-order valence-electron chi connectivity index (χ4n) is 1.18. The minimum atomic E-state index is -0.106. The van der Waals surface area contributed by atoms with Crippen LogP contribution in [0.3, 0.4) is 0 Å². The summed E-state index contributed by atoms with van der Waals surface area (Å²) >= 11 is 0. The number of aryl methyl sites for hydroxylation is 1. The summed E-state index contributed by atoms with van der Waals surface area (Å²) in [6.45, 7) is 4.52. The summed E-state index contributed by atoms with van der Waals surface area (Å²) in [6.07, 6.45) is 0. The number of amides is 2. The standard InChI is InChI=1S/C11H17N3O/c1-4-14(3)11(15)13-10-6-5-9(12)7-8(10)2/h5-7H,4,12H2,1-3H3,(H,13,15). The Bertz CT molecular complexity index is 363. The number of nitrogens with zero attached hydrogens (tertiary/aromatic N) is 1. The SMILES string of the molecule is CCN(C)C(=O)Nc1ccc(N)cc1C. The fraction of sp³-hybridized carbons (Fsp3) is 0.364. The molecule has 1 rings (SSSR count). The molecule has 0 heterocycles. The molecule has 0 fully saturated rings. The van der Waals surface area contributed by atoms with Crippen LogP contribution in [0.2, 0.25) is 0 Å². The first-order valence-corrected chi connectivity index (χ1v) is 4.92. The van der Waals surface area contributed by atoms with Gasteiger partial charge in [0.2, 0.25) is 0 Å². The lowest BCUT2D eigenvalue weighted by molar-refractivity contribution is 0.224. The first kappa shape index (κ1) is 11.4. The van der Waals surface area contributed by atoms with Gasteiger partial charge in [-0.1, -0.05) is 0 Å². The minimum absolute atomic E-state index is 0.106. The highest BCUT2D eigenvalue weighted by Gasteiger charge is 2.07. The Balaban J connectivity index is 2.77. The molecule has 0 aromatic heterocycles. The molecule has 4 heteroatoms. The first-order chi connectivity index (χ1) is 7.04. The highest BCUT2D eigenvalue weighted by atomic mass is 16.2. The molecule has 1 aromatic rings. The Labute approximate surface area is 90.1 Å². The number of benzene rings is 1. The highest BCUT2D eigenvalue weighted by molar-refractivity contribution is 5.90. The molecular weight excluding hydrogens is 190 g/mol. The summed E-state index contributed by atoms with van der Waals surface area (Å²) in [6, 6.07) is 5.31. The summed E-state index contributed by atoms with van der Waals surface area (Å²) in [7, 11) is 1.75. The van der Waals surface area contributed by atoms with Gasteiger partial charge in [0, 0.05) is 25.0 Å². The number of carbonyl (C=O) groups is 1. The molecule has 1 aromatic carbocycles. The zero-order valence-electron chi connectivity index (χ0n) is 9.37. The fourth-order valence-corrected chi connectivity index (χ4v) is 1.18. The van der Waals surface area contributed by atoms with Crippen LogP contribution in [0.1, 0.15) is 12.5 Å². The van der Waals surface area contributed by atoms with Crippen LogP contribution in [0.15, 0.2) is 18.2 Å². The molecule has 0 atom stereocenters. The van der Waals surface area contributed by atoms with Crippen molar-refractivity contribution in [3.8, 4) is 0 Å². The lowest BCUT2D eigenvalue weighted by atomic mass is 10.2. The van der Waals surface area contributed by atoms with E-state index in [0.29, 0.717) is 12.2 Å². The Kier molecular flexibility index (Phi) is 3.55. The van der Waals surface area contributed by atoms with Gasteiger partial charge >= 0.3 is 6.03 Å². The van der Waals surface area contributed by atoms with E-state index >= 15 is 0 Å². The molecule has 0 saturated heterocycles. The normalized spacial score (nSPS) is 9.80. The lowest BCUT2D eigenvalue weighted by Gasteiger charge is -2.16. The number of nitrogen functional groups attached to an aromatic ring is 1. The topological polar surface area (TPSA) is 58.4 Å². The number of nitrogens with one attached hydrogen (secondary N) is 1. The van der Waals surface area contributed by atoms with Crippen molar-refractivity contribution in [2.24, 2.45) is 0 Å². The van der Waals surface area contributed by atoms with Gasteiger partial charge in [-0.3, -0.25) is 0 Å². The number of hydrogen-bond donors (Lipinski definition) is 2. The van der Waals surface area contributed by atoms with Gasteiger partial charge in [0.25, 0.3) is 0 Å². The molecule has 15 heavy (non-hydrogen) atoms. The van der Waals surface area contributed by atoms with Crippen LogP contribution in [-0.2, 0) is 0 Å². The van der Waals surface area contributed by atoms with E-state index in [0.717, 1.165) is 11.3 Å². The molecule has 0 aliphatic heterocycles. The summed E-state index contributed by atoms with van der Waals surface area (Å²) in [5.41, 5.74) is 8.09. The van der Waals surface area contributed by atoms with Crippen molar-refractivity contribution < 1.29 is 4.79 Å².